The average molecular weight is 633 g/mol. The first-order valence-electron chi connectivity index (χ1n) is 15.9. The van der Waals surface area contributed by atoms with Crippen molar-refractivity contribution >= 4 is 29.4 Å². The molecule has 5 aliphatic rings. The van der Waals surface area contributed by atoms with Crippen LogP contribution in [0.1, 0.15) is 60.9 Å². The van der Waals surface area contributed by atoms with E-state index in [0.717, 1.165) is 72.7 Å². The number of carbonyl (C=O) groups excluding carboxylic acids is 1. The fourth-order valence-corrected chi connectivity index (χ4v) is 8.57. The molecule has 1 N–H and O–H groups in total. The molecule has 3 aliphatic heterocycles. The normalized spacial score (nSPS) is 28.8. The molecule has 2 aromatic rings. The molecular formula is C34H38ClFN6O3. The van der Waals surface area contributed by atoms with Crippen molar-refractivity contribution in [1.82, 2.24) is 19.8 Å². The van der Waals surface area contributed by atoms with E-state index in [1.165, 1.54) is 10.5 Å². The maximum absolute atomic E-state index is 13.9. The van der Waals surface area contributed by atoms with Crippen LogP contribution in [0, 0.1) is 11.3 Å². The van der Waals surface area contributed by atoms with Crippen LogP contribution >= 0.6 is 11.6 Å². The summed E-state index contributed by atoms with van der Waals surface area (Å²) in [6.45, 7) is 6.27. The molecule has 0 bridgehead atoms. The van der Waals surface area contributed by atoms with Crippen LogP contribution in [0.15, 0.2) is 36.7 Å². The number of anilines is 1. The van der Waals surface area contributed by atoms with Crippen molar-refractivity contribution < 1.29 is 19.0 Å². The quantitative estimate of drug-likeness (QED) is 0.469. The second-order valence-electron chi connectivity index (χ2n) is 13.2. The molecule has 2 aliphatic carbocycles. The first-order chi connectivity index (χ1) is 21.7. The predicted octanol–water partition coefficient (Wildman–Crippen LogP) is 4.37. The topological polar surface area (TPSA) is 106 Å². The van der Waals surface area contributed by atoms with Gasteiger partial charge in [0.15, 0.2) is 5.83 Å². The van der Waals surface area contributed by atoms with Crippen molar-refractivity contribution in [2.75, 3.05) is 44.2 Å². The monoisotopic (exact) mass is 632 g/mol. The van der Waals surface area contributed by atoms with E-state index in [2.05, 4.69) is 40.7 Å². The number of hydrogen-bond acceptors (Lipinski definition) is 8. The van der Waals surface area contributed by atoms with Crippen molar-refractivity contribution in [2.45, 2.75) is 74.5 Å². The number of rotatable bonds is 6. The second kappa shape index (κ2) is 11.7. The van der Waals surface area contributed by atoms with Crippen LogP contribution in [0.5, 0.6) is 6.01 Å². The van der Waals surface area contributed by atoms with E-state index in [1.807, 2.05) is 12.1 Å². The first kappa shape index (κ1) is 30.2. The number of aliphatic hydroxyl groups is 1. The number of amides is 1. The van der Waals surface area contributed by atoms with Crippen LogP contribution in [0.3, 0.4) is 0 Å². The molecule has 1 aromatic carbocycles. The molecule has 2 unspecified atom stereocenters. The molecule has 9 nitrogen and oxygen atoms in total. The Balaban J connectivity index is 1.23. The molecule has 3 saturated heterocycles. The Kier molecular flexibility index (Phi) is 7.83. The molecule has 11 heteroatoms. The largest absolute Gasteiger partial charge is 0.461 e. The smallest absolute Gasteiger partial charge is 0.318 e. The maximum Gasteiger partial charge on any atom is 0.318 e. The van der Waals surface area contributed by atoms with Gasteiger partial charge in [0.1, 0.15) is 12.4 Å². The van der Waals surface area contributed by atoms with Crippen molar-refractivity contribution in [2.24, 2.45) is 0 Å². The number of piperazine rings is 1. The SMILES string of the molecule is C=C(F)C(=O)N1CCN(c2nc(OCC34CCCN3CC(O)CC4)nc3c2CC[C@@]2(C=Cc4c(Cl)cccc42)C3)C[C@@H]1CC#N. The first-order valence-corrected chi connectivity index (χ1v) is 16.3. The van der Waals surface area contributed by atoms with E-state index in [-0.39, 0.29) is 30.0 Å². The van der Waals surface area contributed by atoms with E-state index in [4.69, 9.17) is 26.3 Å². The Hall–Kier alpha value is -3.52. The van der Waals surface area contributed by atoms with Crippen molar-refractivity contribution in [3.8, 4) is 12.1 Å². The van der Waals surface area contributed by atoms with Crippen molar-refractivity contribution in [3.63, 3.8) is 0 Å². The van der Waals surface area contributed by atoms with E-state index in [9.17, 15) is 19.6 Å². The molecule has 7 rings (SSSR count). The van der Waals surface area contributed by atoms with Crippen LogP contribution in [0.4, 0.5) is 10.2 Å². The van der Waals surface area contributed by atoms with Gasteiger partial charge in [-0.25, -0.2) is 4.39 Å². The molecule has 4 atom stereocenters. The average Bonchev–Trinajstić information content (AvgIpc) is 3.61. The zero-order valence-corrected chi connectivity index (χ0v) is 26.1. The van der Waals surface area contributed by atoms with Gasteiger partial charge in [-0.1, -0.05) is 42.5 Å². The molecule has 4 heterocycles. The fourth-order valence-electron chi connectivity index (χ4n) is 8.33. The van der Waals surface area contributed by atoms with Crippen LogP contribution < -0.4 is 9.64 Å². The standard InChI is InChI=1S/C34H38ClFN6O3/c1-22(36)31(44)42-17-16-40(19-23(42)9-14-37)30-26-8-12-33(11-7-25-27(33)4-2-5-28(25)35)18-29(26)38-32(39-30)45-21-34-10-3-15-41(34)20-24(43)6-13-34/h2,4-5,7,11,23-24,43H,1,3,6,8-10,12-13,15-21H2/t23-,24?,33-,34?/m0/s1. The number of piperidine rings is 1. The number of nitriles is 1. The van der Waals surface area contributed by atoms with Gasteiger partial charge in [0, 0.05) is 48.6 Å². The summed E-state index contributed by atoms with van der Waals surface area (Å²) in [6.07, 6.45) is 10.1. The third-order valence-electron chi connectivity index (χ3n) is 10.7. The highest BCUT2D eigenvalue weighted by molar-refractivity contribution is 6.32. The molecule has 3 fully saturated rings. The molecule has 0 radical (unpaired) electrons. The van der Waals surface area contributed by atoms with Gasteiger partial charge in [-0.2, -0.15) is 15.2 Å². The summed E-state index contributed by atoms with van der Waals surface area (Å²) in [5, 5.41) is 20.6. The number of nitrogens with zero attached hydrogens (tertiary/aromatic N) is 6. The zero-order valence-electron chi connectivity index (χ0n) is 25.4. The summed E-state index contributed by atoms with van der Waals surface area (Å²) in [5.41, 5.74) is 3.87. The van der Waals surface area contributed by atoms with E-state index in [1.54, 1.807) is 0 Å². The predicted molar refractivity (Wildman–Crippen MR) is 169 cm³/mol. The second-order valence-corrected chi connectivity index (χ2v) is 13.7. The van der Waals surface area contributed by atoms with Gasteiger partial charge >= 0.3 is 6.01 Å². The number of aromatic nitrogens is 2. The maximum atomic E-state index is 13.9. The van der Waals surface area contributed by atoms with Gasteiger partial charge in [-0.3, -0.25) is 9.69 Å². The summed E-state index contributed by atoms with van der Waals surface area (Å²) in [7, 11) is 0. The van der Waals surface area contributed by atoms with Gasteiger partial charge in [0.2, 0.25) is 0 Å². The highest BCUT2D eigenvalue weighted by Gasteiger charge is 2.46. The Morgan fingerprint density at radius 2 is 2.09 bits per heavy atom. The van der Waals surface area contributed by atoms with E-state index in [0.29, 0.717) is 38.7 Å². The van der Waals surface area contributed by atoms with Gasteiger partial charge in [-0.05, 0) is 62.3 Å². The lowest BCUT2D eigenvalue weighted by Crippen LogP contribution is -2.56. The minimum atomic E-state index is -1.02. The lowest BCUT2D eigenvalue weighted by Gasteiger charge is -2.44. The number of carbonyl (C=O) groups is 1. The van der Waals surface area contributed by atoms with E-state index < -0.39 is 17.8 Å². The molecule has 1 spiro atoms. The molecule has 1 amide bonds. The van der Waals surface area contributed by atoms with Gasteiger partial charge in [0.25, 0.3) is 5.91 Å². The molecular weight excluding hydrogens is 595 g/mol. The van der Waals surface area contributed by atoms with Crippen molar-refractivity contribution in [3.05, 3.63) is 64.1 Å². The number of ether oxygens (including phenoxy) is 1. The summed E-state index contributed by atoms with van der Waals surface area (Å²) in [6, 6.07) is 8.05. The molecule has 45 heavy (non-hydrogen) atoms. The fraction of sp³-hybridized carbons (Fsp3) is 0.529. The van der Waals surface area contributed by atoms with Crippen molar-refractivity contribution in [1.29, 1.82) is 5.26 Å². The van der Waals surface area contributed by atoms with E-state index >= 15 is 0 Å². The minimum absolute atomic E-state index is 0.0712. The zero-order chi connectivity index (χ0) is 31.3. The number of benzene rings is 1. The van der Waals surface area contributed by atoms with Gasteiger partial charge < -0.3 is 19.6 Å². The molecule has 0 saturated carbocycles. The Labute approximate surface area is 267 Å². The summed E-state index contributed by atoms with van der Waals surface area (Å²) >= 11 is 6.58. The summed E-state index contributed by atoms with van der Waals surface area (Å²) in [4.78, 5) is 28.5. The third kappa shape index (κ3) is 5.29. The number of fused-ring (bicyclic) bond motifs is 4. The lowest BCUT2D eigenvalue weighted by molar-refractivity contribution is -0.131. The van der Waals surface area contributed by atoms with Crippen LogP contribution in [0.2, 0.25) is 5.02 Å². The number of aliphatic hydroxyl groups excluding tert-OH is 1. The third-order valence-corrected chi connectivity index (χ3v) is 11.0. The number of hydrogen-bond donors (Lipinski definition) is 1. The summed E-state index contributed by atoms with van der Waals surface area (Å²) in [5.74, 6) is -1.03. The summed E-state index contributed by atoms with van der Waals surface area (Å²) < 4.78 is 20.4. The molecule has 1 aromatic heterocycles. The number of β-amino-alcohol motifs (C(OH)–C–C–N with tert-alkyl or cyclic N) is 1. The lowest BCUT2D eigenvalue weighted by atomic mass is 9.70. The van der Waals surface area contributed by atoms with Crippen LogP contribution in [-0.2, 0) is 23.1 Å². The Bertz CT molecular complexity index is 1610. The van der Waals surface area contributed by atoms with Crippen LogP contribution in [0.25, 0.3) is 6.08 Å². The number of halogens is 2. The van der Waals surface area contributed by atoms with Crippen LogP contribution in [-0.4, -0.2) is 87.8 Å². The highest BCUT2D eigenvalue weighted by Crippen LogP contribution is 2.48. The van der Waals surface area contributed by atoms with Gasteiger partial charge in [0.05, 0.1) is 35.9 Å². The number of allylic oxidation sites excluding steroid dienone is 1. The highest BCUT2D eigenvalue weighted by atomic mass is 35.5. The Morgan fingerprint density at radius 1 is 1.22 bits per heavy atom. The van der Waals surface area contributed by atoms with Gasteiger partial charge in [-0.15, -0.1) is 0 Å². The minimum Gasteiger partial charge on any atom is -0.461 e. The Morgan fingerprint density at radius 3 is 2.91 bits per heavy atom. The molecule has 236 valence electrons.